The summed E-state index contributed by atoms with van der Waals surface area (Å²) in [6.45, 7) is -1.13. The van der Waals surface area contributed by atoms with Crippen molar-refractivity contribution in [2.75, 3.05) is 0 Å². The Morgan fingerprint density at radius 2 is 1.94 bits per heavy atom. The lowest BCUT2D eigenvalue weighted by Gasteiger charge is -2.17. The van der Waals surface area contributed by atoms with E-state index in [0.29, 0.717) is 11.0 Å². The van der Waals surface area contributed by atoms with Crippen LogP contribution in [-0.4, -0.2) is 21.9 Å². The predicted molar refractivity (Wildman–Crippen MR) is 60.2 cm³/mol. The number of alkyl halides is 5. The fraction of sp³-hybridized carbons (Fsp3) is 0.364. The highest BCUT2D eigenvalue weighted by Gasteiger charge is 2.41. The van der Waals surface area contributed by atoms with E-state index in [-0.39, 0.29) is 11.7 Å². The molecule has 0 aliphatic heterocycles. The third kappa shape index (κ3) is 2.29. The average molecular weight is 281 g/mol. The number of para-hydroxylation sites is 2. The maximum Gasteiger partial charge on any atom is 0.324 e. The summed E-state index contributed by atoms with van der Waals surface area (Å²) in [5, 5.41) is 0. The first kappa shape index (κ1) is 13.1. The van der Waals surface area contributed by atoms with Crippen LogP contribution >= 0.6 is 11.6 Å². The summed E-state index contributed by atoms with van der Waals surface area (Å²) in [4.78, 5) is 4.03. The van der Waals surface area contributed by atoms with Crippen molar-refractivity contribution in [2.24, 2.45) is 0 Å². The van der Waals surface area contributed by atoms with Gasteiger partial charge in [0, 0.05) is 0 Å². The van der Waals surface area contributed by atoms with E-state index in [2.05, 4.69) is 4.98 Å². The van der Waals surface area contributed by atoms with Crippen LogP contribution in [0.3, 0.4) is 0 Å². The van der Waals surface area contributed by atoms with E-state index in [4.69, 9.17) is 11.6 Å². The fourth-order valence-corrected chi connectivity index (χ4v) is 1.89. The Kier molecular flexibility index (Phi) is 3.47. The Balaban J connectivity index is 2.49. The molecule has 1 aromatic carbocycles. The summed E-state index contributed by atoms with van der Waals surface area (Å²) in [7, 11) is 0. The molecule has 98 valence electrons. The van der Waals surface area contributed by atoms with Gasteiger partial charge in [0.05, 0.1) is 23.5 Å². The van der Waals surface area contributed by atoms with Crippen molar-refractivity contribution in [3.63, 3.8) is 0 Å². The van der Waals surface area contributed by atoms with Gasteiger partial charge in [0.15, 0.2) is 0 Å². The number of nitrogens with zero attached hydrogens (tertiary/aromatic N) is 2. The Morgan fingerprint density at radius 1 is 1.28 bits per heavy atom. The van der Waals surface area contributed by atoms with Crippen LogP contribution in [0.15, 0.2) is 24.3 Å². The standard InChI is InChI=1S/C11H9ClF4N2/c12-5-9-17-7-3-1-2-4-8(7)18(9)6-11(15,16)10(13)14/h1-4,10H,5-6H2. The van der Waals surface area contributed by atoms with Crippen molar-refractivity contribution in [3.8, 4) is 0 Å². The van der Waals surface area contributed by atoms with Gasteiger partial charge in [0.1, 0.15) is 5.82 Å². The van der Waals surface area contributed by atoms with Gasteiger partial charge in [-0.15, -0.1) is 11.6 Å². The lowest BCUT2D eigenvalue weighted by Crippen LogP contribution is -2.32. The van der Waals surface area contributed by atoms with E-state index in [1.165, 1.54) is 0 Å². The summed E-state index contributed by atoms with van der Waals surface area (Å²) in [5.74, 6) is -4.07. The Hall–Kier alpha value is -1.30. The first-order valence-corrected chi connectivity index (χ1v) is 5.65. The van der Waals surface area contributed by atoms with Crippen LogP contribution in [0.25, 0.3) is 11.0 Å². The quantitative estimate of drug-likeness (QED) is 0.617. The zero-order valence-electron chi connectivity index (χ0n) is 9.09. The average Bonchev–Trinajstić information content (AvgIpc) is 2.67. The topological polar surface area (TPSA) is 17.8 Å². The van der Waals surface area contributed by atoms with Gasteiger partial charge in [0.25, 0.3) is 0 Å². The van der Waals surface area contributed by atoms with E-state index < -0.39 is 18.9 Å². The third-order valence-electron chi connectivity index (χ3n) is 2.54. The molecule has 2 nitrogen and oxygen atoms in total. The molecule has 0 N–H and O–H groups in total. The smallest absolute Gasteiger partial charge is 0.321 e. The molecule has 0 fully saturated rings. The van der Waals surface area contributed by atoms with Crippen molar-refractivity contribution in [1.29, 1.82) is 0 Å². The van der Waals surface area contributed by atoms with Crippen LogP contribution in [0.2, 0.25) is 0 Å². The second-order valence-corrected chi connectivity index (χ2v) is 4.07. The molecule has 0 radical (unpaired) electrons. The van der Waals surface area contributed by atoms with Crippen LogP contribution in [0.5, 0.6) is 0 Å². The maximum atomic E-state index is 13.1. The molecule has 0 amide bonds. The lowest BCUT2D eigenvalue weighted by atomic mass is 10.3. The zero-order chi connectivity index (χ0) is 13.3. The molecule has 0 aliphatic carbocycles. The summed E-state index contributed by atoms with van der Waals surface area (Å²) in [6, 6.07) is 6.46. The van der Waals surface area contributed by atoms with Crippen molar-refractivity contribution < 1.29 is 17.6 Å². The van der Waals surface area contributed by atoms with Gasteiger partial charge in [-0.2, -0.15) is 8.78 Å². The fourth-order valence-electron chi connectivity index (χ4n) is 1.68. The van der Waals surface area contributed by atoms with Crippen molar-refractivity contribution in [1.82, 2.24) is 9.55 Å². The van der Waals surface area contributed by atoms with Gasteiger partial charge >= 0.3 is 12.3 Å². The molecule has 0 aliphatic rings. The number of halogens is 5. The van der Waals surface area contributed by atoms with Gasteiger partial charge < -0.3 is 4.57 Å². The highest BCUT2D eigenvalue weighted by molar-refractivity contribution is 6.16. The molecular weight excluding hydrogens is 272 g/mol. The SMILES string of the molecule is FC(F)C(F)(F)Cn1c(CCl)nc2ccccc21. The van der Waals surface area contributed by atoms with E-state index in [0.717, 1.165) is 4.57 Å². The van der Waals surface area contributed by atoms with Crippen LogP contribution < -0.4 is 0 Å². The normalized spacial score (nSPS) is 12.6. The Bertz CT molecular complexity index is 553. The minimum atomic E-state index is -4.11. The summed E-state index contributed by atoms with van der Waals surface area (Å²) < 4.78 is 51.7. The van der Waals surface area contributed by atoms with Crippen LogP contribution in [0.4, 0.5) is 17.6 Å². The highest BCUT2D eigenvalue weighted by Crippen LogP contribution is 2.28. The number of fused-ring (bicyclic) bond motifs is 1. The highest BCUT2D eigenvalue weighted by atomic mass is 35.5. The molecular formula is C11H9ClF4N2. The van der Waals surface area contributed by atoms with Gasteiger partial charge in [-0.25, -0.2) is 13.8 Å². The Labute approximate surface area is 105 Å². The molecule has 0 saturated carbocycles. The number of aromatic nitrogens is 2. The summed E-state index contributed by atoms with van der Waals surface area (Å²) >= 11 is 5.60. The second-order valence-electron chi connectivity index (χ2n) is 3.80. The van der Waals surface area contributed by atoms with Crippen LogP contribution in [-0.2, 0) is 12.4 Å². The number of rotatable bonds is 4. The lowest BCUT2D eigenvalue weighted by molar-refractivity contribution is -0.137. The molecule has 7 heteroatoms. The maximum absolute atomic E-state index is 13.1. The number of benzene rings is 1. The third-order valence-corrected chi connectivity index (χ3v) is 2.78. The van der Waals surface area contributed by atoms with Crippen LogP contribution in [0, 0.1) is 0 Å². The number of hydrogen-bond donors (Lipinski definition) is 0. The van der Waals surface area contributed by atoms with E-state index in [9.17, 15) is 17.6 Å². The Morgan fingerprint density at radius 3 is 2.56 bits per heavy atom. The summed E-state index contributed by atoms with van der Waals surface area (Å²) in [5.41, 5.74) is 0.826. The molecule has 1 heterocycles. The monoisotopic (exact) mass is 280 g/mol. The second kappa shape index (κ2) is 4.76. The minimum Gasteiger partial charge on any atom is -0.321 e. The first-order valence-electron chi connectivity index (χ1n) is 5.12. The molecule has 0 saturated heterocycles. The van der Waals surface area contributed by atoms with Gasteiger partial charge in [-0.1, -0.05) is 12.1 Å². The summed E-state index contributed by atoms with van der Waals surface area (Å²) in [6.07, 6.45) is -3.72. The van der Waals surface area contributed by atoms with E-state index >= 15 is 0 Å². The molecule has 0 unspecified atom stereocenters. The minimum absolute atomic E-state index is 0.117. The van der Waals surface area contributed by atoms with Crippen LogP contribution in [0.1, 0.15) is 5.82 Å². The van der Waals surface area contributed by atoms with Crippen molar-refractivity contribution in [3.05, 3.63) is 30.1 Å². The van der Waals surface area contributed by atoms with Gasteiger partial charge in [0.2, 0.25) is 0 Å². The number of hydrogen-bond acceptors (Lipinski definition) is 1. The molecule has 2 aromatic rings. The first-order chi connectivity index (χ1) is 8.45. The number of imidazole rings is 1. The predicted octanol–water partition coefficient (Wildman–Crippen LogP) is 3.68. The zero-order valence-corrected chi connectivity index (χ0v) is 9.84. The molecule has 2 rings (SSSR count). The van der Waals surface area contributed by atoms with Crippen molar-refractivity contribution >= 4 is 22.6 Å². The molecule has 0 bridgehead atoms. The van der Waals surface area contributed by atoms with Crippen molar-refractivity contribution in [2.45, 2.75) is 24.8 Å². The largest absolute Gasteiger partial charge is 0.324 e. The van der Waals surface area contributed by atoms with E-state index in [1.807, 2.05) is 0 Å². The molecule has 0 spiro atoms. The molecule has 18 heavy (non-hydrogen) atoms. The van der Waals surface area contributed by atoms with Gasteiger partial charge in [-0.05, 0) is 12.1 Å². The molecule has 1 aromatic heterocycles. The van der Waals surface area contributed by atoms with Gasteiger partial charge in [-0.3, -0.25) is 0 Å². The van der Waals surface area contributed by atoms with E-state index in [1.54, 1.807) is 24.3 Å². The molecule has 0 atom stereocenters.